The second-order valence-electron chi connectivity index (χ2n) is 7.57. The molecule has 2 heterocycles. The zero-order valence-corrected chi connectivity index (χ0v) is 17.6. The van der Waals surface area contributed by atoms with Crippen LogP contribution >= 0.6 is 0 Å². The number of pyridine rings is 1. The van der Waals surface area contributed by atoms with E-state index in [1.807, 2.05) is 38.1 Å². The van der Waals surface area contributed by atoms with E-state index in [-0.39, 0.29) is 11.9 Å². The Kier molecular flexibility index (Phi) is 5.86. The smallest absolute Gasteiger partial charge is 0.253 e. The first-order chi connectivity index (χ1) is 14.5. The van der Waals surface area contributed by atoms with Crippen molar-refractivity contribution in [2.75, 3.05) is 38.3 Å². The molecule has 1 amide bonds. The van der Waals surface area contributed by atoms with Crippen LogP contribution in [0.1, 0.15) is 34.6 Å². The van der Waals surface area contributed by atoms with Gasteiger partial charge in [-0.05, 0) is 49.7 Å². The lowest BCUT2D eigenvalue weighted by Crippen LogP contribution is -2.36. The van der Waals surface area contributed by atoms with E-state index < -0.39 is 0 Å². The third-order valence-electron chi connectivity index (χ3n) is 5.58. The summed E-state index contributed by atoms with van der Waals surface area (Å²) in [6, 6.07) is 15.8. The zero-order valence-electron chi connectivity index (χ0n) is 17.6. The summed E-state index contributed by atoms with van der Waals surface area (Å²) in [5.41, 5.74) is 4.35. The average molecular weight is 405 g/mol. The monoisotopic (exact) mass is 405 g/mol. The SMILES string of the molecule is COc1ccc2cc(C(=O)NC(C)c3ccc(N4CCOCC4)cc3)c(C)nc2c1. The van der Waals surface area contributed by atoms with Crippen LogP contribution in [0.15, 0.2) is 48.5 Å². The molecule has 0 bridgehead atoms. The molecule has 1 saturated heterocycles. The lowest BCUT2D eigenvalue weighted by atomic mass is 10.1. The summed E-state index contributed by atoms with van der Waals surface area (Å²) in [5.74, 6) is 0.628. The first kappa shape index (κ1) is 20.2. The van der Waals surface area contributed by atoms with Crippen LogP contribution < -0.4 is 15.0 Å². The van der Waals surface area contributed by atoms with Gasteiger partial charge in [-0.3, -0.25) is 9.78 Å². The molecule has 30 heavy (non-hydrogen) atoms. The number of ether oxygens (including phenoxy) is 2. The number of carbonyl (C=O) groups excluding carboxylic acids is 1. The summed E-state index contributed by atoms with van der Waals surface area (Å²) in [7, 11) is 1.63. The van der Waals surface area contributed by atoms with Gasteiger partial charge in [0.25, 0.3) is 5.91 Å². The van der Waals surface area contributed by atoms with Gasteiger partial charge in [0.15, 0.2) is 0 Å². The number of carbonyl (C=O) groups is 1. The summed E-state index contributed by atoms with van der Waals surface area (Å²) in [4.78, 5) is 19.8. The van der Waals surface area contributed by atoms with Crippen molar-refractivity contribution in [2.24, 2.45) is 0 Å². The van der Waals surface area contributed by atoms with Crippen LogP contribution in [-0.4, -0.2) is 44.3 Å². The van der Waals surface area contributed by atoms with Crippen molar-refractivity contribution < 1.29 is 14.3 Å². The molecule has 1 fully saturated rings. The predicted octanol–water partition coefficient (Wildman–Crippen LogP) is 3.88. The Balaban J connectivity index is 1.48. The van der Waals surface area contributed by atoms with E-state index in [1.165, 1.54) is 5.69 Å². The van der Waals surface area contributed by atoms with Crippen molar-refractivity contribution in [3.8, 4) is 5.75 Å². The molecule has 6 heteroatoms. The van der Waals surface area contributed by atoms with E-state index in [4.69, 9.17) is 9.47 Å². The van der Waals surface area contributed by atoms with E-state index in [9.17, 15) is 4.79 Å². The van der Waals surface area contributed by atoms with Crippen LogP contribution in [0.25, 0.3) is 10.9 Å². The number of rotatable bonds is 5. The Morgan fingerprint density at radius 3 is 2.57 bits per heavy atom. The van der Waals surface area contributed by atoms with E-state index in [0.29, 0.717) is 11.3 Å². The largest absolute Gasteiger partial charge is 0.497 e. The molecule has 6 nitrogen and oxygen atoms in total. The molecular formula is C24H27N3O3. The number of fused-ring (bicyclic) bond motifs is 1. The molecule has 156 valence electrons. The fraction of sp³-hybridized carbons (Fsp3) is 0.333. The third kappa shape index (κ3) is 4.24. The molecule has 0 spiro atoms. The molecule has 4 rings (SSSR count). The number of amides is 1. The fourth-order valence-electron chi connectivity index (χ4n) is 3.75. The first-order valence-electron chi connectivity index (χ1n) is 10.2. The quantitative estimate of drug-likeness (QED) is 0.698. The topological polar surface area (TPSA) is 63.7 Å². The molecule has 1 atom stereocenters. The fourth-order valence-corrected chi connectivity index (χ4v) is 3.75. The highest BCUT2D eigenvalue weighted by molar-refractivity contribution is 5.99. The number of nitrogens with one attached hydrogen (secondary N) is 1. The Morgan fingerprint density at radius 2 is 1.87 bits per heavy atom. The van der Waals surface area contributed by atoms with Crippen LogP contribution in [0.3, 0.4) is 0 Å². The number of benzene rings is 2. The van der Waals surface area contributed by atoms with Crippen molar-refractivity contribution >= 4 is 22.5 Å². The maximum atomic E-state index is 12.9. The van der Waals surface area contributed by atoms with Gasteiger partial charge < -0.3 is 19.7 Å². The Morgan fingerprint density at radius 1 is 1.13 bits per heavy atom. The van der Waals surface area contributed by atoms with Crippen molar-refractivity contribution in [2.45, 2.75) is 19.9 Å². The number of aromatic nitrogens is 1. The van der Waals surface area contributed by atoms with E-state index in [2.05, 4.69) is 39.5 Å². The van der Waals surface area contributed by atoms with Gasteiger partial charge in [-0.15, -0.1) is 0 Å². The summed E-state index contributed by atoms with van der Waals surface area (Å²) in [6.45, 7) is 7.20. The van der Waals surface area contributed by atoms with Gasteiger partial charge in [0.1, 0.15) is 5.75 Å². The van der Waals surface area contributed by atoms with Gasteiger partial charge in [0.05, 0.1) is 43.1 Å². The molecule has 1 aliphatic heterocycles. The molecule has 1 aliphatic rings. The first-order valence-corrected chi connectivity index (χ1v) is 10.2. The molecule has 1 N–H and O–H groups in total. The summed E-state index contributed by atoms with van der Waals surface area (Å²) >= 11 is 0. The third-order valence-corrected chi connectivity index (χ3v) is 5.58. The number of methoxy groups -OCH3 is 1. The van der Waals surface area contributed by atoms with Gasteiger partial charge in [-0.25, -0.2) is 0 Å². The van der Waals surface area contributed by atoms with Gasteiger partial charge >= 0.3 is 0 Å². The van der Waals surface area contributed by atoms with Crippen LogP contribution in [-0.2, 0) is 4.74 Å². The highest BCUT2D eigenvalue weighted by Crippen LogP contribution is 2.23. The Bertz CT molecular complexity index is 1040. The molecule has 0 saturated carbocycles. The molecule has 0 aliphatic carbocycles. The van der Waals surface area contributed by atoms with Crippen LogP contribution in [0.2, 0.25) is 0 Å². The molecule has 0 radical (unpaired) electrons. The van der Waals surface area contributed by atoms with Crippen molar-refractivity contribution in [1.82, 2.24) is 10.3 Å². The number of morpholine rings is 1. The number of nitrogens with zero attached hydrogens (tertiary/aromatic N) is 2. The van der Waals surface area contributed by atoms with Crippen molar-refractivity contribution in [3.63, 3.8) is 0 Å². The number of aryl methyl sites for hydroxylation is 1. The maximum absolute atomic E-state index is 12.9. The average Bonchev–Trinajstić information content (AvgIpc) is 2.78. The van der Waals surface area contributed by atoms with Crippen molar-refractivity contribution in [1.29, 1.82) is 0 Å². The van der Waals surface area contributed by atoms with Gasteiger partial charge in [0, 0.05) is 30.2 Å². The van der Waals surface area contributed by atoms with Crippen LogP contribution in [0.5, 0.6) is 5.75 Å². The van der Waals surface area contributed by atoms with Gasteiger partial charge in [-0.2, -0.15) is 0 Å². The van der Waals surface area contributed by atoms with Gasteiger partial charge in [0.2, 0.25) is 0 Å². The number of hydrogen-bond acceptors (Lipinski definition) is 5. The predicted molar refractivity (Wildman–Crippen MR) is 118 cm³/mol. The number of hydrogen-bond donors (Lipinski definition) is 1. The molecule has 1 aromatic heterocycles. The number of anilines is 1. The standard InChI is InChI=1S/C24H27N3O3/c1-16(18-4-7-20(8-5-18)27-10-12-30-13-11-27)26-24(28)22-14-19-6-9-21(29-3)15-23(19)25-17(22)2/h4-9,14-16H,10-13H2,1-3H3,(H,26,28). The maximum Gasteiger partial charge on any atom is 0.253 e. The van der Waals surface area contributed by atoms with Crippen LogP contribution in [0, 0.1) is 6.92 Å². The minimum atomic E-state index is -0.123. The summed E-state index contributed by atoms with van der Waals surface area (Å²) in [6.07, 6.45) is 0. The highest BCUT2D eigenvalue weighted by Gasteiger charge is 2.16. The Labute approximate surface area is 176 Å². The molecule has 2 aromatic carbocycles. The summed E-state index contributed by atoms with van der Waals surface area (Å²) < 4.78 is 10.7. The van der Waals surface area contributed by atoms with E-state index >= 15 is 0 Å². The summed E-state index contributed by atoms with van der Waals surface area (Å²) in [5, 5.41) is 4.01. The second kappa shape index (κ2) is 8.71. The minimum Gasteiger partial charge on any atom is -0.497 e. The van der Waals surface area contributed by atoms with E-state index in [0.717, 1.165) is 48.5 Å². The normalized spacial score (nSPS) is 15.1. The minimum absolute atomic E-state index is 0.109. The molecule has 1 unspecified atom stereocenters. The lowest BCUT2D eigenvalue weighted by Gasteiger charge is -2.29. The van der Waals surface area contributed by atoms with Crippen molar-refractivity contribution in [3.05, 3.63) is 65.4 Å². The second-order valence-corrected chi connectivity index (χ2v) is 7.57. The van der Waals surface area contributed by atoms with Crippen LogP contribution in [0.4, 0.5) is 5.69 Å². The highest BCUT2D eigenvalue weighted by atomic mass is 16.5. The van der Waals surface area contributed by atoms with Gasteiger partial charge in [-0.1, -0.05) is 12.1 Å². The Hall–Kier alpha value is -3.12. The van der Waals surface area contributed by atoms with E-state index in [1.54, 1.807) is 7.11 Å². The zero-order chi connectivity index (χ0) is 21.1. The lowest BCUT2D eigenvalue weighted by molar-refractivity contribution is 0.0939. The molecule has 3 aromatic rings. The molecular weight excluding hydrogens is 378 g/mol.